The van der Waals surface area contributed by atoms with Crippen LogP contribution in [0.25, 0.3) is 0 Å². The summed E-state index contributed by atoms with van der Waals surface area (Å²) >= 11 is 2.14. The van der Waals surface area contributed by atoms with Gasteiger partial charge in [-0.2, -0.15) is 11.8 Å². The van der Waals surface area contributed by atoms with Crippen LogP contribution in [0.4, 0.5) is 0 Å². The Hall–Kier alpha value is 0.270. The molecule has 1 N–H and O–H groups in total. The summed E-state index contributed by atoms with van der Waals surface area (Å²) in [5, 5.41) is 4.43. The summed E-state index contributed by atoms with van der Waals surface area (Å²) in [5.41, 5.74) is 0. The maximum Gasteiger partial charge on any atom is 0.0630 e. The Morgan fingerprint density at radius 1 is 1.31 bits per heavy atom. The number of hydrogen-bond donors (Lipinski definition) is 1. The maximum atomic E-state index is 5.72. The van der Waals surface area contributed by atoms with Gasteiger partial charge in [0.2, 0.25) is 0 Å². The first-order valence-electron chi connectivity index (χ1n) is 6.81. The molecule has 0 bridgehead atoms. The first-order chi connectivity index (χ1) is 7.88. The lowest BCUT2D eigenvalue weighted by Gasteiger charge is -2.30. The third-order valence-corrected chi connectivity index (χ3v) is 4.48. The van der Waals surface area contributed by atoms with Crippen LogP contribution >= 0.6 is 11.8 Å². The van der Waals surface area contributed by atoms with Crippen molar-refractivity contribution in [1.29, 1.82) is 0 Å². The lowest BCUT2D eigenvalue weighted by Crippen LogP contribution is -2.43. The summed E-state index contributed by atoms with van der Waals surface area (Å²) in [7, 11) is 0. The number of nitrogens with one attached hydrogen (secondary N) is 1. The van der Waals surface area contributed by atoms with Crippen LogP contribution in [0.15, 0.2) is 0 Å². The van der Waals surface area contributed by atoms with E-state index < -0.39 is 0 Å². The molecule has 1 saturated heterocycles. The Morgan fingerprint density at radius 2 is 2.19 bits per heavy atom. The van der Waals surface area contributed by atoms with Crippen LogP contribution in [0.1, 0.15) is 46.0 Å². The van der Waals surface area contributed by atoms with E-state index in [9.17, 15) is 0 Å². The van der Waals surface area contributed by atoms with Crippen LogP contribution in [0.2, 0.25) is 0 Å². The maximum absolute atomic E-state index is 5.72. The highest BCUT2D eigenvalue weighted by Crippen LogP contribution is 2.27. The fraction of sp³-hybridized carbons (Fsp3) is 1.00. The quantitative estimate of drug-likeness (QED) is 0.664. The summed E-state index contributed by atoms with van der Waals surface area (Å²) in [6.07, 6.45) is 6.49. The van der Waals surface area contributed by atoms with Crippen LogP contribution in [0.3, 0.4) is 0 Å². The van der Waals surface area contributed by atoms with E-state index in [2.05, 4.69) is 30.9 Å². The Labute approximate surface area is 105 Å². The molecule has 1 fully saturated rings. The zero-order chi connectivity index (χ0) is 11.6. The van der Waals surface area contributed by atoms with Gasteiger partial charge in [0.05, 0.1) is 6.61 Å². The molecule has 3 heteroatoms. The monoisotopic (exact) mass is 245 g/mol. The molecule has 0 amide bonds. The van der Waals surface area contributed by atoms with E-state index in [-0.39, 0.29) is 0 Å². The van der Waals surface area contributed by atoms with Crippen LogP contribution < -0.4 is 5.32 Å². The van der Waals surface area contributed by atoms with Gasteiger partial charge < -0.3 is 10.1 Å². The van der Waals surface area contributed by atoms with Crippen molar-refractivity contribution in [3.63, 3.8) is 0 Å². The molecule has 0 aromatic rings. The predicted molar refractivity (Wildman–Crippen MR) is 73.3 cm³/mol. The molecule has 2 atom stereocenters. The highest BCUT2D eigenvalue weighted by molar-refractivity contribution is 8.00. The summed E-state index contributed by atoms with van der Waals surface area (Å²) in [6.45, 7) is 7.32. The fourth-order valence-electron chi connectivity index (χ4n) is 2.07. The minimum atomic E-state index is 0.566. The lowest BCUT2D eigenvalue weighted by atomic mass is 10.1. The molecule has 0 aliphatic carbocycles. The second kappa shape index (κ2) is 9.32. The molecular weight excluding hydrogens is 218 g/mol. The normalized spacial score (nSPS) is 23.2. The molecule has 0 saturated carbocycles. The van der Waals surface area contributed by atoms with Gasteiger partial charge in [0.25, 0.3) is 0 Å². The van der Waals surface area contributed by atoms with Crippen molar-refractivity contribution in [2.75, 3.05) is 25.5 Å². The molecule has 0 aromatic carbocycles. The zero-order valence-corrected chi connectivity index (χ0v) is 11.7. The second-order valence-corrected chi connectivity index (χ2v) is 5.89. The first kappa shape index (κ1) is 14.3. The van der Waals surface area contributed by atoms with Gasteiger partial charge in [-0.15, -0.1) is 0 Å². The number of ether oxygens (including phenoxy) is 1. The Kier molecular flexibility index (Phi) is 8.34. The van der Waals surface area contributed by atoms with Crippen LogP contribution in [0.5, 0.6) is 0 Å². The van der Waals surface area contributed by atoms with Crippen molar-refractivity contribution < 1.29 is 4.74 Å². The van der Waals surface area contributed by atoms with Gasteiger partial charge in [-0.25, -0.2) is 0 Å². The fourth-order valence-corrected chi connectivity index (χ4v) is 3.48. The number of rotatable bonds is 8. The van der Waals surface area contributed by atoms with Crippen molar-refractivity contribution in [3.8, 4) is 0 Å². The van der Waals surface area contributed by atoms with E-state index >= 15 is 0 Å². The molecule has 2 unspecified atom stereocenters. The zero-order valence-electron chi connectivity index (χ0n) is 10.8. The molecule has 1 rings (SSSR count). The molecule has 0 radical (unpaired) electrons. The van der Waals surface area contributed by atoms with Crippen molar-refractivity contribution in [1.82, 2.24) is 5.32 Å². The van der Waals surface area contributed by atoms with E-state index in [1.165, 1.54) is 31.4 Å². The Bertz CT molecular complexity index is 160. The molecule has 96 valence electrons. The van der Waals surface area contributed by atoms with Crippen LogP contribution in [-0.2, 0) is 4.74 Å². The van der Waals surface area contributed by atoms with Crippen molar-refractivity contribution in [2.45, 2.75) is 57.2 Å². The van der Waals surface area contributed by atoms with Crippen molar-refractivity contribution in [2.24, 2.45) is 0 Å². The highest BCUT2D eigenvalue weighted by atomic mass is 32.2. The SMILES string of the molecule is CCCNC(COCCC)C1CCCCS1. The lowest BCUT2D eigenvalue weighted by molar-refractivity contribution is 0.110. The van der Waals surface area contributed by atoms with Gasteiger partial charge >= 0.3 is 0 Å². The molecule has 1 aliphatic rings. The highest BCUT2D eigenvalue weighted by Gasteiger charge is 2.23. The Balaban J connectivity index is 2.28. The van der Waals surface area contributed by atoms with E-state index in [1.54, 1.807) is 0 Å². The summed E-state index contributed by atoms with van der Waals surface area (Å²) in [4.78, 5) is 0. The average Bonchev–Trinajstić information content (AvgIpc) is 2.35. The van der Waals surface area contributed by atoms with Crippen LogP contribution in [0, 0.1) is 0 Å². The van der Waals surface area contributed by atoms with Gasteiger partial charge in [-0.1, -0.05) is 20.3 Å². The van der Waals surface area contributed by atoms with Gasteiger partial charge in [0, 0.05) is 17.9 Å². The van der Waals surface area contributed by atoms with Gasteiger partial charge in [0.1, 0.15) is 0 Å². The summed E-state index contributed by atoms with van der Waals surface area (Å²) in [6, 6.07) is 0.566. The minimum Gasteiger partial charge on any atom is -0.380 e. The second-order valence-electron chi connectivity index (χ2n) is 4.54. The van der Waals surface area contributed by atoms with Gasteiger partial charge in [0.15, 0.2) is 0 Å². The van der Waals surface area contributed by atoms with Crippen molar-refractivity contribution >= 4 is 11.8 Å². The third kappa shape index (κ3) is 5.55. The smallest absolute Gasteiger partial charge is 0.0630 e. The molecule has 1 heterocycles. The topological polar surface area (TPSA) is 21.3 Å². The first-order valence-corrected chi connectivity index (χ1v) is 7.86. The average molecular weight is 245 g/mol. The standard InChI is InChI=1S/C13H27NOS/c1-3-8-14-12(11-15-9-4-2)13-7-5-6-10-16-13/h12-14H,3-11H2,1-2H3. The summed E-state index contributed by atoms with van der Waals surface area (Å²) in [5.74, 6) is 1.34. The van der Waals surface area contributed by atoms with E-state index in [0.717, 1.165) is 31.4 Å². The number of thioether (sulfide) groups is 1. The van der Waals surface area contributed by atoms with Gasteiger partial charge in [-0.05, 0) is 38.0 Å². The van der Waals surface area contributed by atoms with Crippen LogP contribution in [-0.4, -0.2) is 36.8 Å². The van der Waals surface area contributed by atoms with Gasteiger partial charge in [-0.3, -0.25) is 0 Å². The molecule has 1 aliphatic heterocycles. The Morgan fingerprint density at radius 3 is 2.81 bits per heavy atom. The van der Waals surface area contributed by atoms with E-state index in [4.69, 9.17) is 4.74 Å². The van der Waals surface area contributed by atoms with E-state index in [0.29, 0.717) is 6.04 Å². The molecule has 0 aromatic heterocycles. The predicted octanol–water partition coefficient (Wildman–Crippen LogP) is 3.07. The minimum absolute atomic E-state index is 0.566. The third-order valence-electron chi connectivity index (χ3n) is 2.97. The number of hydrogen-bond acceptors (Lipinski definition) is 3. The molecular formula is C13H27NOS. The van der Waals surface area contributed by atoms with E-state index in [1.807, 2.05) is 0 Å². The molecule has 0 spiro atoms. The van der Waals surface area contributed by atoms with Crippen molar-refractivity contribution in [3.05, 3.63) is 0 Å². The molecule has 16 heavy (non-hydrogen) atoms. The summed E-state index contributed by atoms with van der Waals surface area (Å²) < 4.78 is 5.72. The largest absolute Gasteiger partial charge is 0.380 e. The molecule has 2 nitrogen and oxygen atoms in total.